The van der Waals surface area contributed by atoms with E-state index in [1.54, 1.807) is 37.4 Å². The van der Waals surface area contributed by atoms with Gasteiger partial charge in [0, 0.05) is 0 Å². The SMILES string of the molecule is COc1ccccc1Oc1coc2c(C[NH+]3CCCCCC3)c(O)ccc2c1=O. The maximum absolute atomic E-state index is 13.0. The molecule has 0 atom stereocenters. The molecule has 2 aromatic carbocycles. The molecule has 1 aliphatic rings. The minimum atomic E-state index is -0.274. The molecule has 1 fully saturated rings. The smallest absolute Gasteiger partial charge is 0.235 e. The second-order valence-electron chi connectivity index (χ2n) is 7.46. The number of hydrogen-bond acceptors (Lipinski definition) is 5. The largest absolute Gasteiger partial charge is 0.507 e. The van der Waals surface area contributed by atoms with Crippen LogP contribution >= 0.6 is 0 Å². The van der Waals surface area contributed by atoms with E-state index in [0.29, 0.717) is 34.6 Å². The quantitative estimate of drug-likeness (QED) is 0.693. The van der Waals surface area contributed by atoms with E-state index >= 15 is 0 Å². The van der Waals surface area contributed by atoms with Gasteiger partial charge < -0.3 is 23.9 Å². The minimum Gasteiger partial charge on any atom is -0.507 e. The molecule has 0 spiro atoms. The molecule has 6 heteroatoms. The van der Waals surface area contributed by atoms with Crippen molar-refractivity contribution < 1.29 is 23.9 Å². The summed E-state index contributed by atoms with van der Waals surface area (Å²) in [6.45, 7) is 2.77. The van der Waals surface area contributed by atoms with Crippen molar-refractivity contribution in [1.82, 2.24) is 0 Å². The van der Waals surface area contributed by atoms with Crippen LogP contribution in [-0.4, -0.2) is 25.3 Å². The Hall–Kier alpha value is -2.99. The van der Waals surface area contributed by atoms with Crippen molar-refractivity contribution >= 4 is 11.0 Å². The topological polar surface area (TPSA) is 73.3 Å². The third-order valence-electron chi connectivity index (χ3n) is 5.51. The Labute approximate surface area is 169 Å². The molecule has 29 heavy (non-hydrogen) atoms. The number of methoxy groups -OCH3 is 1. The predicted octanol–water partition coefficient (Wildman–Crippen LogP) is 3.26. The van der Waals surface area contributed by atoms with Crippen LogP contribution in [0.4, 0.5) is 0 Å². The van der Waals surface area contributed by atoms with Gasteiger partial charge in [-0.1, -0.05) is 12.1 Å². The van der Waals surface area contributed by atoms with Crippen molar-refractivity contribution in [2.24, 2.45) is 0 Å². The number of quaternary nitrogens is 1. The van der Waals surface area contributed by atoms with Crippen molar-refractivity contribution in [1.29, 1.82) is 0 Å². The molecule has 1 aromatic heterocycles. The lowest BCUT2D eigenvalue weighted by Gasteiger charge is -2.18. The molecule has 2 N–H and O–H groups in total. The van der Waals surface area contributed by atoms with Gasteiger partial charge >= 0.3 is 0 Å². The standard InChI is InChI=1S/C23H25NO5/c1-27-19-8-4-5-9-20(19)29-21-15-28-23-16(22(21)26)10-11-18(25)17(23)14-24-12-6-2-3-7-13-24/h4-5,8-11,15,25H,2-3,6-7,12-14H2,1H3/p+1. The van der Waals surface area contributed by atoms with Gasteiger partial charge in [-0.3, -0.25) is 4.79 Å². The Morgan fingerprint density at radius 2 is 1.72 bits per heavy atom. The van der Waals surface area contributed by atoms with Crippen LogP contribution in [0.25, 0.3) is 11.0 Å². The maximum Gasteiger partial charge on any atom is 0.235 e. The molecule has 0 amide bonds. The van der Waals surface area contributed by atoms with Crippen LogP contribution in [0.15, 0.2) is 51.9 Å². The number of ether oxygens (including phenoxy) is 2. The summed E-state index contributed by atoms with van der Waals surface area (Å²) in [7, 11) is 1.55. The average molecular weight is 396 g/mol. The molecular weight excluding hydrogens is 370 g/mol. The Balaban J connectivity index is 1.70. The second-order valence-corrected chi connectivity index (χ2v) is 7.46. The minimum absolute atomic E-state index is 0.0840. The van der Waals surface area contributed by atoms with Crippen LogP contribution in [0.2, 0.25) is 0 Å². The summed E-state index contributed by atoms with van der Waals surface area (Å²) in [5, 5.41) is 10.9. The lowest BCUT2D eigenvalue weighted by atomic mass is 10.1. The first-order valence-corrected chi connectivity index (χ1v) is 10.1. The van der Waals surface area contributed by atoms with Gasteiger partial charge in [-0.15, -0.1) is 0 Å². The highest BCUT2D eigenvalue weighted by atomic mass is 16.5. The van der Waals surface area contributed by atoms with E-state index in [2.05, 4.69) is 0 Å². The van der Waals surface area contributed by atoms with Crippen molar-refractivity contribution in [3.63, 3.8) is 0 Å². The number of phenols is 1. The van der Waals surface area contributed by atoms with Gasteiger partial charge in [-0.05, 0) is 49.9 Å². The van der Waals surface area contributed by atoms with E-state index in [4.69, 9.17) is 13.9 Å². The zero-order chi connectivity index (χ0) is 20.2. The predicted molar refractivity (Wildman–Crippen MR) is 110 cm³/mol. The highest BCUT2D eigenvalue weighted by Crippen LogP contribution is 2.32. The van der Waals surface area contributed by atoms with Crippen molar-refractivity contribution in [3.8, 4) is 23.0 Å². The van der Waals surface area contributed by atoms with E-state index in [1.165, 1.54) is 36.8 Å². The summed E-state index contributed by atoms with van der Waals surface area (Å²) in [6, 6.07) is 10.3. The third-order valence-corrected chi connectivity index (χ3v) is 5.51. The van der Waals surface area contributed by atoms with Crippen LogP contribution in [0.5, 0.6) is 23.0 Å². The highest BCUT2D eigenvalue weighted by molar-refractivity contribution is 5.82. The number of rotatable bonds is 5. The fraction of sp³-hybridized carbons (Fsp3) is 0.348. The van der Waals surface area contributed by atoms with E-state index < -0.39 is 0 Å². The van der Waals surface area contributed by atoms with Crippen LogP contribution in [0.3, 0.4) is 0 Å². The van der Waals surface area contributed by atoms with Crippen LogP contribution < -0.4 is 19.8 Å². The summed E-state index contributed by atoms with van der Waals surface area (Å²) in [4.78, 5) is 14.4. The van der Waals surface area contributed by atoms with Crippen LogP contribution in [0.1, 0.15) is 31.2 Å². The van der Waals surface area contributed by atoms with Crippen molar-refractivity contribution in [2.75, 3.05) is 20.2 Å². The number of aromatic hydroxyl groups is 1. The summed E-state index contributed by atoms with van der Waals surface area (Å²) >= 11 is 0. The van der Waals surface area contributed by atoms with Crippen molar-refractivity contribution in [2.45, 2.75) is 32.2 Å². The molecule has 0 unspecified atom stereocenters. The fourth-order valence-electron chi connectivity index (χ4n) is 3.95. The van der Waals surface area contributed by atoms with Gasteiger partial charge in [0.25, 0.3) is 0 Å². The van der Waals surface area contributed by atoms with E-state index in [0.717, 1.165) is 13.1 Å². The molecule has 0 radical (unpaired) electrons. The molecule has 2 heterocycles. The van der Waals surface area contributed by atoms with E-state index in [1.807, 2.05) is 6.07 Å². The van der Waals surface area contributed by atoms with Gasteiger partial charge in [-0.25, -0.2) is 0 Å². The number of para-hydroxylation sites is 2. The lowest BCUT2D eigenvalue weighted by molar-refractivity contribution is -0.913. The van der Waals surface area contributed by atoms with Gasteiger partial charge in [0.15, 0.2) is 17.1 Å². The number of likely N-dealkylation sites (tertiary alicyclic amines) is 1. The monoisotopic (exact) mass is 396 g/mol. The fourth-order valence-corrected chi connectivity index (χ4v) is 3.95. The Morgan fingerprint density at radius 1 is 1.00 bits per heavy atom. The number of hydrogen-bond donors (Lipinski definition) is 2. The Morgan fingerprint density at radius 3 is 2.45 bits per heavy atom. The normalized spacial score (nSPS) is 15.2. The molecular formula is C23H26NO5+. The van der Waals surface area contributed by atoms with Crippen molar-refractivity contribution in [3.05, 3.63) is 58.4 Å². The van der Waals surface area contributed by atoms with E-state index in [-0.39, 0.29) is 16.9 Å². The highest BCUT2D eigenvalue weighted by Gasteiger charge is 2.21. The molecule has 4 rings (SSSR count). The zero-order valence-corrected chi connectivity index (χ0v) is 16.6. The molecule has 0 saturated carbocycles. The summed E-state index contributed by atoms with van der Waals surface area (Å²) in [5.41, 5.74) is 0.837. The summed E-state index contributed by atoms with van der Waals surface area (Å²) < 4.78 is 16.9. The average Bonchev–Trinajstić information content (AvgIpc) is 3.01. The number of nitrogens with one attached hydrogen (secondary N) is 1. The van der Waals surface area contributed by atoms with E-state index in [9.17, 15) is 9.90 Å². The van der Waals surface area contributed by atoms with Gasteiger partial charge in [0.2, 0.25) is 11.2 Å². The Kier molecular flexibility index (Phi) is 5.71. The van der Waals surface area contributed by atoms with Gasteiger partial charge in [0.1, 0.15) is 18.6 Å². The lowest BCUT2D eigenvalue weighted by Crippen LogP contribution is -3.10. The number of benzene rings is 2. The maximum atomic E-state index is 13.0. The first-order valence-electron chi connectivity index (χ1n) is 10.1. The first kappa shape index (κ1) is 19.3. The first-order chi connectivity index (χ1) is 14.2. The third kappa shape index (κ3) is 4.07. The van der Waals surface area contributed by atoms with Crippen LogP contribution in [-0.2, 0) is 6.54 Å². The molecule has 6 nitrogen and oxygen atoms in total. The Bertz CT molecular complexity index is 1050. The molecule has 1 saturated heterocycles. The molecule has 0 bridgehead atoms. The molecule has 1 aliphatic heterocycles. The molecule has 3 aromatic rings. The van der Waals surface area contributed by atoms with Gasteiger partial charge in [0.05, 0.1) is 31.1 Å². The number of phenolic OH excluding ortho intramolecular Hbond substituents is 1. The van der Waals surface area contributed by atoms with Gasteiger partial charge in [-0.2, -0.15) is 0 Å². The summed E-state index contributed by atoms with van der Waals surface area (Å²) in [6.07, 6.45) is 6.19. The van der Waals surface area contributed by atoms with Crippen LogP contribution in [0, 0.1) is 0 Å². The second kappa shape index (κ2) is 8.57. The summed E-state index contributed by atoms with van der Waals surface area (Å²) in [5.74, 6) is 1.22. The number of fused-ring (bicyclic) bond motifs is 1. The molecule has 0 aliphatic carbocycles. The zero-order valence-electron chi connectivity index (χ0n) is 16.6. The molecule has 152 valence electrons.